The van der Waals surface area contributed by atoms with Gasteiger partial charge in [-0.2, -0.15) is 0 Å². The Morgan fingerprint density at radius 2 is 2.18 bits per heavy atom. The molecule has 1 heterocycles. The van der Waals surface area contributed by atoms with Crippen molar-refractivity contribution in [2.75, 3.05) is 19.6 Å². The van der Waals surface area contributed by atoms with Gasteiger partial charge in [0.15, 0.2) is 0 Å². The number of piperidine rings is 1. The molecule has 1 rings (SSSR count). The Bertz CT molecular complexity index is 140. The second-order valence-corrected chi connectivity index (χ2v) is 2.93. The molecule has 2 heteroatoms. The Labute approximate surface area is 69.3 Å². The molecule has 1 fully saturated rings. The minimum absolute atomic E-state index is 0.936. The zero-order valence-electron chi connectivity index (χ0n) is 7.64. The van der Waals surface area contributed by atoms with Crippen molar-refractivity contribution in [3.63, 3.8) is 0 Å². The average Bonchev–Trinajstić information content (AvgIpc) is 2.06. The van der Waals surface area contributed by atoms with Gasteiger partial charge in [0.2, 0.25) is 0 Å². The van der Waals surface area contributed by atoms with Crippen molar-refractivity contribution in [3.05, 3.63) is 0 Å². The van der Waals surface area contributed by atoms with Crippen LogP contribution in [0.1, 0.15) is 33.1 Å². The van der Waals surface area contributed by atoms with Crippen LogP contribution in [0.2, 0.25) is 0 Å². The molecule has 11 heavy (non-hydrogen) atoms. The smallest absolute Gasteiger partial charge is 0.0988 e. The van der Waals surface area contributed by atoms with Gasteiger partial charge in [-0.1, -0.05) is 0 Å². The van der Waals surface area contributed by atoms with Gasteiger partial charge in [-0.05, 0) is 26.7 Å². The number of hydrogen-bond donors (Lipinski definition) is 0. The number of hydrogen-bond acceptors (Lipinski definition) is 1. The molecule has 1 aliphatic heterocycles. The van der Waals surface area contributed by atoms with E-state index in [9.17, 15) is 0 Å². The Kier molecular flexibility index (Phi) is 3.40. The van der Waals surface area contributed by atoms with Gasteiger partial charge in [0.25, 0.3) is 0 Å². The molecule has 0 aliphatic carbocycles. The van der Waals surface area contributed by atoms with Crippen LogP contribution in [-0.4, -0.2) is 30.4 Å². The quantitative estimate of drug-likeness (QED) is 0.593. The molecule has 0 radical (unpaired) electrons. The first kappa shape index (κ1) is 8.57. The number of nitrogens with zero attached hydrogens (tertiary/aromatic N) is 2. The standard InChI is InChI=1S/C9H18N2/c1-3-10-9-7-5-6-8-11(9)4-2/h3-8H2,1-2H3. The Balaban J connectivity index is 2.51. The van der Waals surface area contributed by atoms with Crippen LogP contribution in [0.3, 0.4) is 0 Å². The third-order valence-corrected chi connectivity index (χ3v) is 2.17. The molecule has 0 unspecified atom stereocenters. The van der Waals surface area contributed by atoms with Crippen molar-refractivity contribution in [1.82, 2.24) is 4.90 Å². The summed E-state index contributed by atoms with van der Waals surface area (Å²) < 4.78 is 0. The zero-order chi connectivity index (χ0) is 8.10. The van der Waals surface area contributed by atoms with E-state index in [1.165, 1.54) is 31.6 Å². The van der Waals surface area contributed by atoms with E-state index in [2.05, 4.69) is 23.7 Å². The van der Waals surface area contributed by atoms with E-state index in [-0.39, 0.29) is 0 Å². The van der Waals surface area contributed by atoms with E-state index < -0.39 is 0 Å². The van der Waals surface area contributed by atoms with E-state index in [0.29, 0.717) is 0 Å². The molecule has 0 aromatic carbocycles. The predicted molar refractivity (Wildman–Crippen MR) is 49.1 cm³/mol. The largest absolute Gasteiger partial charge is 0.361 e. The summed E-state index contributed by atoms with van der Waals surface area (Å²) in [6, 6.07) is 0. The maximum atomic E-state index is 4.48. The lowest BCUT2D eigenvalue weighted by Gasteiger charge is -2.28. The fourth-order valence-corrected chi connectivity index (χ4v) is 1.58. The summed E-state index contributed by atoms with van der Waals surface area (Å²) in [7, 11) is 0. The summed E-state index contributed by atoms with van der Waals surface area (Å²) in [6.07, 6.45) is 3.87. The molecule has 0 amide bonds. The summed E-state index contributed by atoms with van der Waals surface area (Å²) in [5.41, 5.74) is 0. The summed E-state index contributed by atoms with van der Waals surface area (Å²) in [6.45, 7) is 7.59. The SMILES string of the molecule is CCN=C1CCCCN1CC. The number of aliphatic imine (C=N–C) groups is 1. The molecule has 0 atom stereocenters. The predicted octanol–water partition coefficient (Wildman–Crippen LogP) is 1.91. The van der Waals surface area contributed by atoms with Gasteiger partial charge in [-0.3, -0.25) is 4.99 Å². The molecule has 0 spiro atoms. The van der Waals surface area contributed by atoms with E-state index in [4.69, 9.17) is 0 Å². The topological polar surface area (TPSA) is 15.6 Å². The normalized spacial score (nSPS) is 22.7. The highest BCUT2D eigenvalue weighted by Gasteiger charge is 2.13. The van der Waals surface area contributed by atoms with E-state index in [0.717, 1.165) is 13.1 Å². The average molecular weight is 154 g/mol. The highest BCUT2D eigenvalue weighted by Crippen LogP contribution is 2.11. The minimum Gasteiger partial charge on any atom is -0.361 e. The van der Waals surface area contributed by atoms with Crippen LogP contribution in [0, 0.1) is 0 Å². The fraction of sp³-hybridized carbons (Fsp3) is 0.889. The molecule has 0 bridgehead atoms. The maximum Gasteiger partial charge on any atom is 0.0988 e. The summed E-state index contributed by atoms with van der Waals surface area (Å²) in [4.78, 5) is 6.87. The van der Waals surface area contributed by atoms with Crippen LogP contribution in [-0.2, 0) is 0 Å². The molecule has 0 aromatic heterocycles. The molecule has 0 N–H and O–H groups in total. The third kappa shape index (κ3) is 2.21. The van der Waals surface area contributed by atoms with Crippen molar-refractivity contribution in [2.24, 2.45) is 4.99 Å². The first-order valence-electron chi connectivity index (χ1n) is 4.66. The van der Waals surface area contributed by atoms with E-state index >= 15 is 0 Å². The highest BCUT2D eigenvalue weighted by molar-refractivity contribution is 5.82. The van der Waals surface area contributed by atoms with Gasteiger partial charge < -0.3 is 4.90 Å². The number of likely N-dealkylation sites (tertiary alicyclic amines) is 1. The van der Waals surface area contributed by atoms with Crippen LogP contribution in [0.15, 0.2) is 4.99 Å². The van der Waals surface area contributed by atoms with Gasteiger partial charge >= 0.3 is 0 Å². The van der Waals surface area contributed by atoms with Crippen molar-refractivity contribution in [1.29, 1.82) is 0 Å². The molecular weight excluding hydrogens is 136 g/mol. The van der Waals surface area contributed by atoms with Gasteiger partial charge in [0.1, 0.15) is 0 Å². The molecular formula is C9H18N2. The molecule has 1 saturated heterocycles. The first-order chi connectivity index (χ1) is 5.38. The van der Waals surface area contributed by atoms with Gasteiger partial charge in [0, 0.05) is 26.1 Å². The second kappa shape index (κ2) is 4.37. The Hall–Kier alpha value is -0.530. The zero-order valence-corrected chi connectivity index (χ0v) is 7.64. The van der Waals surface area contributed by atoms with Gasteiger partial charge in [0.05, 0.1) is 5.84 Å². The molecule has 0 saturated carbocycles. The minimum atomic E-state index is 0.936. The van der Waals surface area contributed by atoms with Crippen LogP contribution < -0.4 is 0 Å². The third-order valence-electron chi connectivity index (χ3n) is 2.17. The van der Waals surface area contributed by atoms with Crippen LogP contribution in [0.25, 0.3) is 0 Å². The second-order valence-electron chi connectivity index (χ2n) is 2.93. The summed E-state index contributed by atoms with van der Waals surface area (Å²) in [5.74, 6) is 1.33. The fourth-order valence-electron chi connectivity index (χ4n) is 1.58. The lowest BCUT2D eigenvalue weighted by Crippen LogP contribution is -2.35. The van der Waals surface area contributed by atoms with Crippen molar-refractivity contribution < 1.29 is 0 Å². The van der Waals surface area contributed by atoms with Gasteiger partial charge in [-0.15, -0.1) is 0 Å². The first-order valence-corrected chi connectivity index (χ1v) is 4.66. The highest BCUT2D eigenvalue weighted by atomic mass is 15.2. The number of rotatable bonds is 2. The summed E-state index contributed by atoms with van der Waals surface area (Å²) >= 11 is 0. The maximum absolute atomic E-state index is 4.48. The van der Waals surface area contributed by atoms with E-state index in [1.54, 1.807) is 0 Å². The van der Waals surface area contributed by atoms with Crippen LogP contribution >= 0.6 is 0 Å². The lowest BCUT2D eigenvalue weighted by atomic mass is 10.1. The molecule has 64 valence electrons. The Morgan fingerprint density at radius 3 is 2.82 bits per heavy atom. The number of amidine groups is 1. The van der Waals surface area contributed by atoms with Crippen LogP contribution in [0.4, 0.5) is 0 Å². The van der Waals surface area contributed by atoms with Crippen molar-refractivity contribution in [2.45, 2.75) is 33.1 Å². The lowest BCUT2D eigenvalue weighted by molar-refractivity contribution is 0.385. The van der Waals surface area contributed by atoms with Crippen molar-refractivity contribution >= 4 is 5.84 Å². The van der Waals surface area contributed by atoms with Gasteiger partial charge in [-0.25, -0.2) is 0 Å². The monoisotopic (exact) mass is 154 g/mol. The van der Waals surface area contributed by atoms with Crippen molar-refractivity contribution in [3.8, 4) is 0 Å². The molecule has 0 aromatic rings. The molecule has 1 aliphatic rings. The van der Waals surface area contributed by atoms with Crippen LogP contribution in [0.5, 0.6) is 0 Å². The molecule has 2 nitrogen and oxygen atoms in total. The van der Waals surface area contributed by atoms with E-state index in [1.807, 2.05) is 0 Å². The summed E-state index contributed by atoms with van der Waals surface area (Å²) in [5, 5.41) is 0. The Morgan fingerprint density at radius 1 is 1.36 bits per heavy atom.